The predicted octanol–water partition coefficient (Wildman–Crippen LogP) is 4.46. The van der Waals surface area contributed by atoms with Crippen molar-refractivity contribution in [2.24, 2.45) is 0 Å². The van der Waals surface area contributed by atoms with Crippen LogP contribution in [0.4, 0.5) is 13.2 Å². The average molecular weight is 465 g/mol. The van der Waals surface area contributed by atoms with Gasteiger partial charge in [-0.25, -0.2) is 0 Å². The van der Waals surface area contributed by atoms with Crippen molar-refractivity contribution in [3.05, 3.63) is 46.8 Å². The summed E-state index contributed by atoms with van der Waals surface area (Å²) in [6.45, 7) is 4.75. The molecule has 1 amide bonds. The zero-order chi connectivity index (χ0) is 23.4. The molecule has 0 unspecified atom stereocenters. The maximum atomic E-state index is 13.3. The number of nitrogens with one attached hydrogen (secondary N) is 1. The number of aromatic nitrogens is 2. The largest absolute Gasteiger partial charge is 0.573 e. The lowest BCUT2D eigenvalue weighted by Gasteiger charge is -2.25. The Morgan fingerprint density at radius 2 is 1.97 bits per heavy atom. The summed E-state index contributed by atoms with van der Waals surface area (Å²) in [6, 6.07) is 6.14. The van der Waals surface area contributed by atoms with E-state index in [1.807, 2.05) is 16.5 Å². The van der Waals surface area contributed by atoms with Crippen LogP contribution in [0, 0.1) is 0 Å². The highest BCUT2D eigenvalue weighted by Crippen LogP contribution is 2.28. The van der Waals surface area contributed by atoms with E-state index in [4.69, 9.17) is 0 Å². The summed E-state index contributed by atoms with van der Waals surface area (Å²) in [4.78, 5) is 15.3. The molecule has 1 fully saturated rings. The summed E-state index contributed by atoms with van der Waals surface area (Å²) >= 11 is 0. The van der Waals surface area contributed by atoms with Gasteiger partial charge in [0.25, 0.3) is 5.91 Å². The first-order chi connectivity index (χ1) is 15.8. The van der Waals surface area contributed by atoms with E-state index >= 15 is 0 Å². The summed E-state index contributed by atoms with van der Waals surface area (Å²) in [5, 5.41) is 8.14. The smallest absolute Gasteiger partial charge is 0.406 e. The van der Waals surface area contributed by atoms with E-state index in [2.05, 4.69) is 15.2 Å². The van der Waals surface area contributed by atoms with E-state index in [9.17, 15) is 18.0 Å². The van der Waals surface area contributed by atoms with Gasteiger partial charge in [-0.05, 0) is 56.7 Å². The Morgan fingerprint density at radius 3 is 2.67 bits per heavy atom. The Balaban J connectivity index is 1.45. The number of carbonyl (C=O) groups excluding carboxylic acids is 1. The van der Waals surface area contributed by atoms with Gasteiger partial charge in [-0.3, -0.25) is 9.48 Å². The van der Waals surface area contributed by atoms with Crippen molar-refractivity contribution in [3.63, 3.8) is 0 Å². The normalized spacial score (nSPS) is 19.2. The number of alkyl halides is 3. The van der Waals surface area contributed by atoms with Crippen LogP contribution in [0.15, 0.2) is 24.3 Å². The van der Waals surface area contributed by atoms with Crippen LogP contribution < -0.4 is 10.1 Å². The number of benzene rings is 1. The number of fused-ring (bicyclic) bond motifs is 1. The Bertz CT molecular complexity index is 965. The summed E-state index contributed by atoms with van der Waals surface area (Å²) in [6.07, 6.45) is 2.06. The number of nitrogens with zero attached hydrogens (tertiary/aromatic N) is 3. The van der Waals surface area contributed by atoms with E-state index in [1.54, 1.807) is 12.1 Å². The number of hydrogen-bond donors (Lipinski definition) is 1. The molecule has 1 aliphatic heterocycles. The van der Waals surface area contributed by atoms with Gasteiger partial charge in [-0.1, -0.05) is 25.0 Å². The second-order valence-electron chi connectivity index (χ2n) is 8.81. The second kappa shape index (κ2) is 10.2. The molecule has 6 nitrogen and oxygen atoms in total. The molecule has 1 aromatic carbocycles. The van der Waals surface area contributed by atoms with Crippen molar-refractivity contribution >= 4 is 5.91 Å². The van der Waals surface area contributed by atoms with Gasteiger partial charge in [-0.2, -0.15) is 5.10 Å². The molecule has 0 spiro atoms. The minimum absolute atomic E-state index is 0.0259. The standard InChI is InChI=1S/C24H31F3N4O2/c1-2-31-21-11-10-18(28-16-17-8-7-9-19(14-17)33-24(25,26)27)15-20(21)22(29-31)23(32)30-12-5-3-4-6-13-30/h7-9,14,18,28H,2-6,10-13,15-16H2,1H3/t18-/m1/s1. The molecular weight excluding hydrogens is 433 g/mol. The fourth-order valence-corrected chi connectivity index (χ4v) is 4.83. The number of amides is 1. The fourth-order valence-electron chi connectivity index (χ4n) is 4.83. The lowest BCUT2D eigenvalue weighted by Crippen LogP contribution is -2.36. The molecule has 1 aliphatic carbocycles. The average Bonchev–Trinajstić information content (AvgIpc) is 2.94. The van der Waals surface area contributed by atoms with Crippen LogP contribution in [0.25, 0.3) is 0 Å². The quantitative estimate of drug-likeness (QED) is 0.686. The Morgan fingerprint density at radius 1 is 1.21 bits per heavy atom. The van der Waals surface area contributed by atoms with Crippen LogP contribution in [0.3, 0.4) is 0 Å². The van der Waals surface area contributed by atoms with Gasteiger partial charge in [0.2, 0.25) is 0 Å². The highest BCUT2D eigenvalue weighted by molar-refractivity contribution is 5.94. The van der Waals surface area contributed by atoms with Gasteiger partial charge in [0, 0.05) is 43.5 Å². The molecule has 2 aromatic rings. The first-order valence-electron chi connectivity index (χ1n) is 11.8. The zero-order valence-electron chi connectivity index (χ0n) is 19.0. The number of carbonyl (C=O) groups is 1. The van der Waals surface area contributed by atoms with Gasteiger partial charge in [-0.15, -0.1) is 13.2 Å². The summed E-state index contributed by atoms with van der Waals surface area (Å²) in [7, 11) is 0. The van der Waals surface area contributed by atoms with Crippen LogP contribution in [0.5, 0.6) is 5.75 Å². The third-order valence-corrected chi connectivity index (χ3v) is 6.47. The summed E-state index contributed by atoms with van der Waals surface area (Å²) < 4.78 is 43.5. The molecule has 33 heavy (non-hydrogen) atoms. The summed E-state index contributed by atoms with van der Waals surface area (Å²) in [5.41, 5.74) is 3.44. The van der Waals surface area contributed by atoms with Gasteiger partial charge >= 0.3 is 6.36 Å². The van der Waals surface area contributed by atoms with Crippen LogP contribution in [-0.4, -0.2) is 46.1 Å². The van der Waals surface area contributed by atoms with Crippen molar-refractivity contribution in [2.45, 2.75) is 77.4 Å². The number of likely N-dealkylation sites (tertiary alicyclic amines) is 1. The third kappa shape index (κ3) is 5.88. The van der Waals surface area contributed by atoms with Crippen LogP contribution in [-0.2, 0) is 25.9 Å². The van der Waals surface area contributed by atoms with Crippen LogP contribution in [0.1, 0.15) is 66.3 Å². The Kier molecular flexibility index (Phi) is 7.26. The highest BCUT2D eigenvalue weighted by atomic mass is 19.4. The summed E-state index contributed by atoms with van der Waals surface area (Å²) in [5.74, 6) is -0.194. The lowest BCUT2D eigenvalue weighted by molar-refractivity contribution is -0.274. The monoisotopic (exact) mass is 464 g/mol. The molecule has 0 bridgehead atoms. The van der Waals surface area contributed by atoms with Gasteiger partial charge in [0.05, 0.1) is 0 Å². The first kappa shape index (κ1) is 23.6. The van der Waals surface area contributed by atoms with E-state index in [0.717, 1.165) is 69.4 Å². The zero-order valence-corrected chi connectivity index (χ0v) is 19.0. The number of ether oxygens (including phenoxy) is 1. The van der Waals surface area contributed by atoms with E-state index < -0.39 is 6.36 Å². The van der Waals surface area contributed by atoms with Crippen molar-refractivity contribution in [1.82, 2.24) is 20.0 Å². The fraction of sp³-hybridized carbons (Fsp3) is 0.583. The molecule has 1 atom stereocenters. The molecule has 1 aromatic heterocycles. The molecule has 1 saturated heterocycles. The molecule has 0 radical (unpaired) electrons. The Hall–Kier alpha value is -2.55. The molecular formula is C24H31F3N4O2. The van der Waals surface area contributed by atoms with Crippen molar-refractivity contribution in [3.8, 4) is 5.75 Å². The van der Waals surface area contributed by atoms with Gasteiger partial charge < -0.3 is 15.0 Å². The first-order valence-corrected chi connectivity index (χ1v) is 11.8. The van der Waals surface area contributed by atoms with Crippen molar-refractivity contribution in [2.75, 3.05) is 13.1 Å². The number of hydrogen-bond acceptors (Lipinski definition) is 4. The highest BCUT2D eigenvalue weighted by Gasteiger charge is 2.32. The SMILES string of the molecule is CCn1nc(C(=O)N2CCCCCC2)c2c1CC[C@@H](NCc1cccc(OC(F)(F)F)c1)C2. The predicted molar refractivity (Wildman–Crippen MR) is 118 cm³/mol. The number of halogens is 3. The molecule has 9 heteroatoms. The van der Waals surface area contributed by atoms with E-state index in [-0.39, 0.29) is 17.7 Å². The maximum Gasteiger partial charge on any atom is 0.573 e. The maximum absolute atomic E-state index is 13.3. The third-order valence-electron chi connectivity index (χ3n) is 6.47. The van der Waals surface area contributed by atoms with Crippen molar-refractivity contribution in [1.29, 1.82) is 0 Å². The number of aryl methyl sites for hydroxylation is 1. The molecule has 4 rings (SSSR count). The second-order valence-corrected chi connectivity index (χ2v) is 8.81. The van der Waals surface area contributed by atoms with Gasteiger partial charge in [0.1, 0.15) is 5.75 Å². The van der Waals surface area contributed by atoms with E-state index in [0.29, 0.717) is 24.2 Å². The van der Waals surface area contributed by atoms with E-state index in [1.165, 1.54) is 12.1 Å². The van der Waals surface area contributed by atoms with Crippen LogP contribution >= 0.6 is 0 Å². The molecule has 2 heterocycles. The van der Waals surface area contributed by atoms with Crippen LogP contribution in [0.2, 0.25) is 0 Å². The van der Waals surface area contributed by atoms with Gasteiger partial charge in [0.15, 0.2) is 5.69 Å². The lowest BCUT2D eigenvalue weighted by atomic mass is 9.91. The molecule has 0 saturated carbocycles. The number of rotatable bonds is 6. The topological polar surface area (TPSA) is 59.4 Å². The molecule has 2 aliphatic rings. The van der Waals surface area contributed by atoms with Crippen molar-refractivity contribution < 1.29 is 22.7 Å². The minimum atomic E-state index is -4.71. The molecule has 1 N–H and O–H groups in total. The minimum Gasteiger partial charge on any atom is -0.406 e. The molecule has 180 valence electrons. The Labute approximate surface area is 192 Å².